The molecule has 1 aliphatic heterocycles. The molecule has 7 nitrogen and oxygen atoms in total. The van der Waals surface area contributed by atoms with Crippen LogP contribution < -0.4 is 5.32 Å². The van der Waals surface area contributed by atoms with Gasteiger partial charge >= 0.3 is 6.03 Å². The first kappa shape index (κ1) is 18.3. The predicted octanol–water partition coefficient (Wildman–Crippen LogP) is 2.50. The topological polar surface area (TPSA) is 74.5 Å². The van der Waals surface area contributed by atoms with Gasteiger partial charge in [-0.3, -0.25) is 4.90 Å². The van der Waals surface area contributed by atoms with E-state index in [0.29, 0.717) is 36.9 Å². The lowest BCUT2D eigenvalue weighted by molar-refractivity contribution is 0.133. The van der Waals surface area contributed by atoms with E-state index < -0.39 is 0 Å². The van der Waals surface area contributed by atoms with Crippen molar-refractivity contribution in [3.8, 4) is 11.5 Å². The average Bonchev–Trinajstić information content (AvgIpc) is 3.11. The van der Waals surface area contributed by atoms with Crippen LogP contribution in [-0.2, 0) is 6.54 Å². The second-order valence-corrected chi connectivity index (χ2v) is 6.37. The number of urea groups is 1. The summed E-state index contributed by atoms with van der Waals surface area (Å²) in [5, 5.41) is 6.92. The number of amides is 2. The normalized spacial score (nSPS) is 15.2. The summed E-state index contributed by atoms with van der Waals surface area (Å²) in [7, 11) is 0. The number of hydrogen-bond donors (Lipinski definition) is 1. The first-order valence-corrected chi connectivity index (χ1v) is 8.99. The van der Waals surface area contributed by atoms with Crippen molar-refractivity contribution in [3.63, 3.8) is 0 Å². The van der Waals surface area contributed by atoms with Crippen LogP contribution in [-0.4, -0.2) is 58.7 Å². The van der Waals surface area contributed by atoms with Gasteiger partial charge in [-0.1, -0.05) is 24.6 Å². The molecule has 26 heavy (non-hydrogen) atoms. The Labute approximate surface area is 152 Å². The molecule has 1 N–H and O–H groups in total. The summed E-state index contributed by atoms with van der Waals surface area (Å²) >= 11 is 0. The Morgan fingerprint density at radius 2 is 2.12 bits per heavy atom. The van der Waals surface area contributed by atoms with E-state index in [1.54, 1.807) is 12.1 Å². The second kappa shape index (κ2) is 8.75. The first-order valence-electron chi connectivity index (χ1n) is 8.99. The molecule has 3 rings (SSSR count). The fourth-order valence-corrected chi connectivity index (χ4v) is 2.85. The number of benzene rings is 1. The number of piperazine rings is 1. The zero-order chi connectivity index (χ0) is 18.4. The van der Waals surface area contributed by atoms with Crippen molar-refractivity contribution in [2.24, 2.45) is 0 Å². The summed E-state index contributed by atoms with van der Waals surface area (Å²) in [4.78, 5) is 20.4. The highest BCUT2D eigenvalue weighted by atomic mass is 19.1. The molecule has 140 valence electrons. The Morgan fingerprint density at radius 3 is 2.85 bits per heavy atom. The molecule has 1 aromatic heterocycles. The van der Waals surface area contributed by atoms with Gasteiger partial charge in [0, 0.05) is 38.3 Å². The summed E-state index contributed by atoms with van der Waals surface area (Å²) in [5.41, 5.74) is 0.567. The quantitative estimate of drug-likeness (QED) is 0.800. The molecule has 0 saturated carbocycles. The second-order valence-electron chi connectivity index (χ2n) is 6.37. The van der Waals surface area contributed by atoms with Crippen LogP contribution in [0.3, 0.4) is 0 Å². The van der Waals surface area contributed by atoms with E-state index in [1.807, 2.05) is 4.90 Å². The number of unbranched alkanes of at least 4 members (excludes halogenated alkanes) is 1. The highest BCUT2D eigenvalue weighted by Crippen LogP contribution is 2.18. The van der Waals surface area contributed by atoms with E-state index in [-0.39, 0.29) is 11.8 Å². The van der Waals surface area contributed by atoms with E-state index in [2.05, 4.69) is 27.3 Å². The fraction of sp³-hybridized carbons (Fsp3) is 0.500. The van der Waals surface area contributed by atoms with Crippen molar-refractivity contribution in [1.82, 2.24) is 25.3 Å². The van der Waals surface area contributed by atoms with E-state index in [0.717, 1.165) is 32.5 Å². The van der Waals surface area contributed by atoms with Crippen LogP contribution in [0.25, 0.3) is 11.5 Å². The van der Waals surface area contributed by atoms with Crippen LogP contribution in [0.2, 0.25) is 0 Å². The minimum absolute atomic E-state index is 0.00560. The number of aromatic nitrogens is 2. The molecule has 0 bridgehead atoms. The van der Waals surface area contributed by atoms with Crippen molar-refractivity contribution in [2.45, 2.75) is 26.3 Å². The Balaban J connectivity index is 1.48. The third-order valence-electron chi connectivity index (χ3n) is 4.37. The van der Waals surface area contributed by atoms with Gasteiger partial charge < -0.3 is 14.7 Å². The van der Waals surface area contributed by atoms with Crippen molar-refractivity contribution in [2.75, 3.05) is 32.7 Å². The maximum atomic E-state index is 13.3. The van der Waals surface area contributed by atoms with Crippen LogP contribution in [0.15, 0.2) is 28.8 Å². The number of halogens is 1. The number of nitrogens with zero attached hydrogens (tertiary/aromatic N) is 4. The molecule has 1 fully saturated rings. The molecule has 0 radical (unpaired) electrons. The molecule has 8 heteroatoms. The minimum Gasteiger partial charge on any atom is -0.338 e. The summed E-state index contributed by atoms with van der Waals surface area (Å²) in [6, 6.07) is 6.09. The highest BCUT2D eigenvalue weighted by Gasteiger charge is 2.22. The fourth-order valence-electron chi connectivity index (χ4n) is 2.85. The van der Waals surface area contributed by atoms with Gasteiger partial charge in [0.25, 0.3) is 5.89 Å². The zero-order valence-corrected chi connectivity index (χ0v) is 14.9. The number of carbonyl (C=O) groups excluding carboxylic acids is 1. The molecular formula is C18H24FN5O2. The van der Waals surface area contributed by atoms with Crippen LogP contribution in [0, 0.1) is 5.82 Å². The van der Waals surface area contributed by atoms with Gasteiger partial charge in [-0.15, -0.1) is 0 Å². The first-order chi connectivity index (χ1) is 12.7. The Bertz CT molecular complexity index is 728. The maximum Gasteiger partial charge on any atom is 0.317 e. The molecular weight excluding hydrogens is 337 g/mol. The summed E-state index contributed by atoms with van der Waals surface area (Å²) < 4.78 is 18.5. The Morgan fingerprint density at radius 1 is 1.31 bits per heavy atom. The van der Waals surface area contributed by atoms with Gasteiger partial charge in [-0.25, -0.2) is 9.18 Å². The van der Waals surface area contributed by atoms with Crippen molar-refractivity contribution >= 4 is 6.03 Å². The summed E-state index contributed by atoms with van der Waals surface area (Å²) in [6.45, 7) is 6.23. The Hall–Kier alpha value is -2.48. The number of carbonyl (C=O) groups is 1. The smallest absolute Gasteiger partial charge is 0.317 e. The monoisotopic (exact) mass is 361 g/mol. The van der Waals surface area contributed by atoms with Gasteiger partial charge in [-0.2, -0.15) is 4.98 Å². The lowest BCUT2D eigenvalue weighted by Gasteiger charge is -2.34. The van der Waals surface area contributed by atoms with Crippen molar-refractivity contribution in [3.05, 3.63) is 35.9 Å². The Kier molecular flexibility index (Phi) is 6.17. The SMILES string of the molecule is CCCCNC(=O)N1CCN(Cc2noc(-c3cccc(F)c3)n2)CC1. The van der Waals surface area contributed by atoms with Crippen LogP contribution in [0.5, 0.6) is 0 Å². The molecule has 0 spiro atoms. The highest BCUT2D eigenvalue weighted by molar-refractivity contribution is 5.74. The molecule has 2 heterocycles. The maximum absolute atomic E-state index is 13.3. The molecule has 2 aromatic rings. The summed E-state index contributed by atoms with van der Waals surface area (Å²) in [6.07, 6.45) is 2.06. The minimum atomic E-state index is -0.337. The van der Waals surface area contributed by atoms with Crippen molar-refractivity contribution in [1.29, 1.82) is 0 Å². The van der Waals surface area contributed by atoms with Crippen molar-refractivity contribution < 1.29 is 13.7 Å². The van der Waals surface area contributed by atoms with Crippen LogP contribution >= 0.6 is 0 Å². The van der Waals surface area contributed by atoms with E-state index in [4.69, 9.17) is 4.52 Å². The third-order valence-corrected chi connectivity index (χ3v) is 4.37. The van der Waals surface area contributed by atoms with Crippen LogP contribution in [0.4, 0.5) is 9.18 Å². The summed E-state index contributed by atoms with van der Waals surface area (Å²) in [5.74, 6) is 0.536. The number of nitrogens with one attached hydrogen (secondary N) is 1. The van der Waals surface area contributed by atoms with E-state index in [1.165, 1.54) is 12.1 Å². The number of rotatable bonds is 6. The molecule has 0 unspecified atom stereocenters. The predicted molar refractivity (Wildman–Crippen MR) is 94.8 cm³/mol. The molecule has 1 aliphatic rings. The lowest BCUT2D eigenvalue weighted by atomic mass is 10.2. The van der Waals surface area contributed by atoms with E-state index in [9.17, 15) is 9.18 Å². The number of hydrogen-bond acceptors (Lipinski definition) is 5. The van der Waals surface area contributed by atoms with Gasteiger partial charge in [0.1, 0.15) is 5.82 Å². The van der Waals surface area contributed by atoms with E-state index >= 15 is 0 Å². The molecule has 1 saturated heterocycles. The van der Waals surface area contributed by atoms with Gasteiger partial charge in [0.05, 0.1) is 6.54 Å². The zero-order valence-electron chi connectivity index (χ0n) is 14.9. The average molecular weight is 361 g/mol. The molecule has 1 aromatic carbocycles. The van der Waals surface area contributed by atoms with Crippen LogP contribution in [0.1, 0.15) is 25.6 Å². The van der Waals surface area contributed by atoms with Gasteiger partial charge in [0.2, 0.25) is 0 Å². The standard InChI is InChI=1S/C18H24FN5O2/c1-2-3-7-20-18(25)24-10-8-23(9-11-24)13-16-21-17(26-22-16)14-5-4-6-15(19)12-14/h4-6,12H,2-3,7-11,13H2,1H3,(H,20,25). The molecule has 2 amide bonds. The molecule has 0 aliphatic carbocycles. The lowest BCUT2D eigenvalue weighted by Crippen LogP contribution is -2.51. The largest absolute Gasteiger partial charge is 0.338 e. The van der Waals surface area contributed by atoms with Gasteiger partial charge in [0.15, 0.2) is 5.82 Å². The third kappa shape index (κ3) is 4.78. The molecule has 0 atom stereocenters. The van der Waals surface area contributed by atoms with Gasteiger partial charge in [-0.05, 0) is 24.6 Å².